The molecule has 1 aliphatic heterocycles. The lowest BCUT2D eigenvalue weighted by molar-refractivity contribution is -0.745. The van der Waals surface area contributed by atoms with E-state index >= 15 is 0 Å². The van der Waals surface area contributed by atoms with Gasteiger partial charge >= 0.3 is 5.65 Å². The zero-order chi connectivity index (χ0) is 22.6. The van der Waals surface area contributed by atoms with E-state index in [9.17, 15) is 25.3 Å². The second-order valence-corrected chi connectivity index (χ2v) is 7.34. The van der Waals surface area contributed by atoms with Gasteiger partial charge in [0, 0.05) is 11.6 Å². The molecular weight excluding hydrogens is 422 g/mol. The Morgan fingerprint density at radius 3 is 2.81 bits per heavy atom. The number of aliphatic hydroxyl groups excluding tert-OH is 3. The molecule has 4 aromatic rings. The molecule has 0 radical (unpaired) electrons. The average molecular weight is 441 g/mol. The van der Waals surface area contributed by atoms with Gasteiger partial charge in [-0.3, -0.25) is 19.9 Å². The van der Waals surface area contributed by atoms with Gasteiger partial charge in [-0.2, -0.15) is 4.68 Å². The first-order chi connectivity index (χ1) is 15.4. The molecule has 3 aromatic heterocycles. The van der Waals surface area contributed by atoms with Gasteiger partial charge < -0.3 is 31.0 Å². The van der Waals surface area contributed by atoms with Crippen molar-refractivity contribution in [1.82, 2.24) is 19.6 Å². The van der Waals surface area contributed by atoms with E-state index in [0.717, 1.165) is 4.68 Å². The highest BCUT2D eigenvalue weighted by Gasteiger charge is 2.47. The number of benzene rings is 1. The lowest BCUT2D eigenvalue weighted by atomic mass is 10.1. The van der Waals surface area contributed by atoms with Crippen LogP contribution in [0.2, 0.25) is 0 Å². The molecular formula is C19H19N7O6. The summed E-state index contributed by atoms with van der Waals surface area (Å²) in [5.41, 5.74) is 5.57. The predicted molar refractivity (Wildman–Crippen MR) is 111 cm³/mol. The molecule has 0 amide bonds. The number of aromatic nitrogens is 5. The van der Waals surface area contributed by atoms with Crippen molar-refractivity contribution >= 4 is 33.7 Å². The molecule has 32 heavy (non-hydrogen) atoms. The molecule has 0 spiro atoms. The third-order valence-electron chi connectivity index (χ3n) is 5.42. The second kappa shape index (κ2) is 7.51. The Labute approximate surface area is 179 Å². The Morgan fingerprint density at radius 2 is 2.06 bits per heavy atom. The van der Waals surface area contributed by atoms with E-state index in [0.29, 0.717) is 16.1 Å². The first-order valence-corrected chi connectivity index (χ1v) is 9.66. The van der Waals surface area contributed by atoms with E-state index in [-0.39, 0.29) is 22.8 Å². The van der Waals surface area contributed by atoms with E-state index in [2.05, 4.69) is 15.0 Å². The van der Waals surface area contributed by atoms with Gasteiger partial charge in [0.15, 0.2) is 0 Å². The van der Waals surface area contributed by atoms with Gasteiger partial charge in [-0.1, -0.05) is 23.2 Å². The number of hydrogen-bond acceptors (Lipinski definition) is 10. The SMILES string of the molecule is Nc1nc2c(c(=O)[nH]1)n(N([O-])c1ccnc3ccccc13)c[n+]2[C@@H]1O[C@H](CO)[C@@H](O)[C@H]1O. The van der Waals surface area contributed by atoms with Gasteiger partial charge in [0.05, 0.1) is 17.8 Å². The van der Waals surface area contributed by atoms with Crippen LogP contribution in [0, 0.1) is 5.21 Å². The first-order valence-electron chi connectivity index (χ1n) is 9.66. The van der Waals surface area contributed by atoms with Crippen LogP contribution in [0.25, 0.3) is 22.1 Å². The van der Waals surface area contributed by atoms with Crippen molar-refractivity contribution in [3.63, 3.8) is 0 Å². The van der Waals surface area contributed by atoms with Crippen LogP contribution in [0.3, 0.4) is 0 Å². The van der Waals surface area contributed by atoms with Crippen molar-refractivity contribution < 1.29 is 24.6 Å². The topological polar surface area (TPSA) is 190 Å². The number of imidazole rings is 1. The van der Waals surface area contributed by atoms with Crippen LogP contribution in [0.15, 0.2) is 47.7 Å². The number of hydrogen-bond donors (Lipinski definition) is 5. The molecule has 166 valence electrons. The molecule has 1 aromatic carbocycles. The third-order valence-corrected chi connectivity index (χ3v) is 5.42. The van der Waals surface area contributed by atoms with Crippen LogP contribution >= 0.6 is 0 Å². The predicted octanol–water partition coefficient (Wildman–Crippen LogP) is -1.48. The Morgan fingerprint density at radius 1 is 1.28 bits per heavy atom. The second-order valence-electron chi connectivity index (χ2n) is 7.34. The molecule has 0 aliphatic carbocycles. The number of para-hydroxylation sites is 1. The fourth-order valence-corrected chi connectivity index (χ4v) is 3.89. The molecule has 0 saturated carbocycles. The van der Waals surface area contributed by atoms with E-state index in [1.807, 2.05) is 0 Å². The largest absolute Gasteiger partial charge is 0.727 e. The lowest BCUT2D eigenvalue weighted by Gasteiger charge is -2.28. The number of H-pyrrole nitrogens is 1. The Kier molecular flexibility index (Phi) is 4.76. The smallest absolute Gasteiger partial charge is 0.316 e. The molecule has 6 N–H and O–H groups in total. The van der Waals surface area contributed by atoms with Gasteiger partial charge in [0.2, 0.25) is 12.6 Å². The highest BCUT2D eigenvalue weighted by Crippen LogP contribution is 2.28. The summed E-state index contributed by atoms with van der Waals surface area (Å²) < 4.78 is 7.77. The summed E-state index contributed by atoms with van der Waals surface area (Å²) in [5, 5.41) is 44.5. The van der Waals surface area contributed by atoms with Crippen LogP contribution in [0.4, 0.5) is 11.6 Å². The number of aliphatic hydroxyl groups is 3. The molecule has 1 aliphatic rings. The van der Waals surface area contributed by atoms with Crippen molar-refractivity contribution in [2.75, 3.05) is 17.5 Å². The molecule has 1 saturated heterocycles. The monoisotopic (exact) mass is 441 g/mol. The number of anilines is 2. The Hall–Kier alpha value is -3.62. The van der Waals surface area contributed by atoms with Crippen LogP contribution in [0.5, 0.6) is 0 Å². The first kappa shape index (κ1) is 20.3. The van der Waals surface area contributed by atoms with Crippen LogP contribution in [-0.2, 0) is 4.74 Å². The zero-order valence-electron chi connectivity index (χ0n) is 16.4. The summed E-state index contributed by atoms with van der Waals surface area (Å²) in [5.74, 6) is -0.215. The van der Waals surface area contributed by atoms with Gasteiger partial charge in [0.25, 0.3) is 17.0 Å². The number of nitrogens with zero attached hydrogens (tertiary/aromatic N) is 5. The van der Waals surface area contributed by atoms with E-state index in [1.54, 1.807) is 24.3 Å². The van der Waals surface area contributed by atoms with Crippen LogP contribution in [-0.4, -0.2) is 59.9 Å². The fourth-order valence-electron chi connectivity index (χ4n) is 3.89. The minimum Gasteiger partial charge on any atom is -0.727 e. The van der Waals surface area contributed by atoms with Crippen LogP contribution in [0.1, 0.15) is 6.23 Å². The van der Waals surface area contributed by atoms with Gasteiger partial charge in [-0.25, -0.2) is 4.57 Å². The van der Waals surface area contributed by atoms with Crippen LogP contribution < -0.4 is 21.0 Å². The van der Waals surface area contributed by atoms with E-state index in [4.69, 9.17) is 10.5 Å². The number of nitrogens with one attached hydrogen (secondary N) is 1. The van der Waals surface area contributed by atoms with Crippen molar-refractivity contribution in [3.05, 3.63) is 58.4 Å². The van der Waals surface area contributed by atoms with E-state index in [1.165, 1.54) is 23.2 Å². The normalized spacial score (nSPS) is 23.2. The highest BCUT2D eigenvalue weighted by molar-refractivity contribution is 5.91. The Balaban J connectivity index is 1.72. The number of nitrogen functional groups attached to an aromatic ring is 1. The summed E-state index contributed by atoms with van der Waals surface area (Å²) in [7, 11) is 0. The van der Waals surface area contributed by atoms with Gasteiger partial charge in [-0.15, -0.1) is 0 Å². The minimum absolute atomic E-state index is 0.0553. The zero-order valence-corrected chi connectivity index (χ0v) is 16.4. The van der Waals surface area contributed by atoms with Gasteiger partial charge in [-0.05, 0) is 12.1 Å². The third kappa shape index (κ3) is 2.99. The number of pyridine rings is 1. The van der Waals surface area contributed by atoms with Crippen molar-refractivity contribution in [3.8, 4) is 0 Å². The quantitative estimate of drug-likeness (QED) is 0.184. The molecule has 5 rings (SSSR count). The molecule has 4 heterocycles. The maximum atomic E-state index is 13.4. The standard InChI is InChI=1S/C19H19N7O6/c20-19-22-16-13(17(30)23-19)25(8-24(16)18-15(29)14(28)12(7-27)32-18)26(31)11-5-6-21-10-4-2-1-3-9(10)11/h1-6,8,12,14-15,18,27-29H,7H2,(H3,20,22,23,30)/t12-,14-,15-,18-/m1/s1. The lowest BCUT2D eigenvalue weighted by Crippen LogP contribution is -2.46. The number of rotatable bonds is 4. The Bertz CT molecular complexity index is 1370. The molecule has 0 unspecified atom stereocenters. The molecule has 13 heteroatoms. The molecule has 13 nitrogen and oxygen atoms in total. The number of ether oxygens (including phenoxy) is 1. The fraction of sp³-hybridized carbons (Fsp3) is 0.263. The summed E-state index contributed by atoms with van der Waals surface area (Å²) >= 11 is 0. The molecule has 4 atom stereocenters. The number of aromatic amines is 1. The summed E-state index contributed by atoms with van der Waals surface area (Å²) in [4.78, 5) is 23.4. The average Bonchev–Trinajstić information content (AvgIpc) is 3.30. The van der Waals surface area contributed by atoms with Crippen molar-refractivity contribution in [2.45, 2.75) is 24.5 Å². The maximum absolute atomic E-state index is 13.4. The van der Waals surface area contributed by atoms with Crippen molar-refractivity contribution in [1.29, 1.82) is 0 Å². The molecule has 1 fully saturated rings. The van der Waals surface area contributed by atoms with Gasteiger partial charge in [0.1, 0.15) is 18.3 Å². The summed E-state index contributed by atoms with van der Waals surface area (Å²) in [6, 6.07) is 8.50. The minimum atomic E-state index is -1.46. The molecule has 0 bridgehead atoms. The summed E-state index contributed by atoms with van der Waals surface area (Å²) in [6.07, 6.45) is -2.46. The number of nitrogens with two attached hydrogens (primary N) is 1. The van der Waals surface area contributed by atoms with E-state index < -0.39 is 36.7 Å². The highest BCUT2D eigenvalue weighted by atomic mass is 16.6. The summed E-state index contributed by atoms with van der Waals surface area (Å²) in [6.45, 7) is -0.541. The van der Waals surface area contributed by atoms with Crippen molar-refractivity contribution in [2.24, 2.45) is 0 Å². The maximum Gasteiger partial charge on any atom is 0.316 e. The number of fused-ring (bicyclic) bond motifs is 2.